The van der Waals surface area contributed by atoms with E-state index in [4.69, 9.17) is 16.0 Å². The van der Waals surface area contributed by atoms with E-state index in [1.165, 1.54) is 6.26 Å². The number of hydrogen-bond acceptors (Lipinski definition) is 5. The molecule has 31 heavy (non-hydrogen) atoms. The monoisotopic (exact) mass is 524 g/mol. The summed E-state index contributed by atoms with van der Waals surface area (Å²) in [5.74, 6) is -1.28. The molecule has 0 aliphatic rings. The Labute approximate surface area is 192 Å². The van der Waals surface area contributed by atoms with Crippen LogP contribution < -0.4 is 5.32 Å². The van der Waals surface area contributed by atoms with Crippen LogP contribution >= 0.6 is 39.3 Å². The van der Waals surface area contributed by atoms with Gasteiger partial charge >= 0.3 is 0 Å². The number of carbonyl (C=O) groups excluding carboxylic acids is 1. The van der Waals surface area contributed by atoms with Crippen LogP contribution in [-0.4, -0.2) is 26.4 Å². The molecule has 1 N–H and O–H groups in total. The van der Waals surface area contributed by atoms with Gasteiger partial charge in [-0.05, 0) is 58.4 Å². The number of carbonyl (C=O) groups is 1. The molecule has 0 unspecified atom stereocenters. The van der Waals surface area contributed by atoms with E-state index in [-0.39, 0.29) is 15.9 Å². The summed E-state index contributed by atoms with van der Waals surface area (Å²) >= 11 is 10.1. The van der Waals surface area contributed by atoms with Crippen molar-refractivity contribution in [3.63, 3.8) is 0 Å². The van der Waals surface area contributed by atoms with Gasteiger partial charge in [0.25, 0.3) is 0 Å². The quantitative estimate of drug-likeness (QED) is 0.315. The maximum atomic E-state index is 14.0. The van der Waals surface area contributed by atoms with Crippen molar-refractivity contribution in [1.29, 1.82) is 0 Å². The van der Waals surface area contributed by atoms with E-state index in [9.17, 15) is 13.6 Å². The molecule has 0 aliphatic heterocycles. The van der Waals surface area contributed by atoms with Crippen molar-refractivity contribution < 1.29 is 18.0 Å². The van der Waals surface area contributed by atoms with Gasteiger partial charge in [0.2, 0.25) is 11.7 Å². The average Bonchev–Trinajstić information content (AvgIpc) is 3.39. The van der Waals surface area contributed by atoms with Gasteiger partial charge in [0.05, 0.1) is 17.7 Å². The summed E-state index contributed by atoms with van der Waals surface area (Å²) in [6.45, 7) is 0. The van der Waals surface area contributed by atoms with Crippen LogP contribution in [0, 0.1) is 11.6 Å². The molecule has 0 spiro atoms. The second-order valence-electron chi connectivity index (χ2n) is 6.18. The highest BCUT2D eigenvalue weighted by molar-refractivity contribution is 9.10. The van der Waals surface area contributed by atoms with Gasteiger partial charge < -0.3 is 9.73 Å². The summed E-state index contributed by atoms with van der Waals surface area (Å²) in [4.78, 5) is 12.4. The number of amides is 1. The van der Waals surface area contributed by atoms with E-state index in [0.29, 0.717) is 27.8 Å². The van der Waals surface area contributed by atoms with E-state index < -0.39 is 17.5 Å². The lowest BCUT2D eigenvalue weighted by Gasteiger charge is -2.10. The van der Waals surface area contributed by atoms with Gasteiger partial charge in [-0.3, -0.25) is 9.36 Å². The molecule has 0 atom stereocenters. The molecule has 2 aromatic heterocycles. The number of rotatable bonds is 6. The van der Waals surface area contributed by atoms with Crippen LogP contribution in [0.25, 0.3) is 17.3 Å². The zero-order chi connectivity index (χ0) is 22.0. The summed E-state index contributed by atoms with van der Waals surface area (Å²) in [5, 5.41) is 11.8. The number of anilines is 1. The Bertz CT molecular complexity index is 1210. The molecule has 0 aliphatic carbocycles. The van der Waals surface area contributed by atoms with Crippen molar-refractivity contribution in [1.82, 2.24) is 14.8 Å². The number of nitrogens with zero attached hydrogens (tertiary/aromatic N) is 3. The highest BCUT2D eigenvalue weighted by Crippen LogP contribution is 2.30. The van der Waals surface area contributed by atoms with E-state index in [2.05, 4.69) is 31.4 Å². The van der Waals surface area contributed by atoms with Crippen molar-refractivity contribution in [2.45, 2.75) is 5.16 Å². The fraction of sp³-hybridized carbons (Fsp3) is 0.0500. The van der Waals surface area contributed by atoms with Gasteiger partial charge in [0.15, 0.2) is 16.7 Å². The number of benzene rings is 2. The second kappa shape index (κ2) is 9.21. The Morgan fingerprint density at radius 3 is 2.65 bits per heavy atom. The van der Waals surface area contributed by atoms with Crippen LogP contribution in [0.4, 0.5) is 14.5 Å². The zero-order valence-corrected chi connectivity index (χ0v) is 18.6. The molecule has 158 valence electrons. The van der Waals surface area contributed by atoms with Crippen molar-refractivity contribution in [3.8, 4) is 17.3 Å². The normalized spacial score (nSPS) is 11.0. The lowest BCUT2D eigenvalue weighted by molar-refractivity contribution is -0.113. The third-order valence-corrected chi connectivity index (χ3v) is 5.87. The van der Waals surface area contributed by atoms with Gasteiger partial charge in [-0.1, -0.05) is 23.4 Å². The summed E-state index contributed by atoms with van der Waals surface area (Å²) in [5.41, 5.74) is 0.582. The first kappa shape index (κ1) is 21.5. The lowest BCUT2D eigenvalue weighted by atomic mass is 10.3. The van der Waals surface area contributed by atoms with E-state index >= 15 is 0 Å². The third-order valence-electron chi connectivity index (χ3n) is 4.06. The molecule has 0 bridgehead atoms. The SMILES string of the molecule is O=C(CSc1nnc(-c2ccco2)n1-c1ccc(Cl)cc1)Nc1c(F)cc(F)cc1Br. The Morgan fingerprint density at radius 2 is 1.97 bits per heavy atom. The molecule has 2 heterocycles. The smallest absolute Gasteiger partial charge is 0.234 e. The molecule has 2 aromatic carbocycles. The highest BCUT2D eigenvalue weighted by atomic mass is 79.9. The van der Waals surface area contributed by atoms with Crippen LogP contribution in [0.15, 0.2) is 68.8 Å². The maximum absolute atomic E-state index is 14.0. The molecule has 0 radical (unpaired) electrons. The molecular weight excluding hydrogens is 514 g/mol. The summed E-state index contributed by atoms with van der Waals surface area (Å²) in [7, 11) is 0. The minimum Gasteiger partial charge on any atom is -0.461 e. The standard InChI is InChI=1S/C20H12BrClF2N4O2S/c21-14-8-12(23)9-15(24)18(14)25-17(29)10-31-20-27-26-19(16-2-1-7-30-16)28(20)13-5-3-11(22)4-6-13/h1-9H,10H2,(H,25,29). The largest absolute Gasteiger partial charge is 0.461 e. The van der Waals surface area contributed by atoms with E-state index in [1.54, 1.807) is 41.0 Å². The highest BCUT2D eigenvalue weighted by Gasteiger charge is 2.20. The molecule has 0 saturated carbocycles. The number of hydrogen-bond donors (Lipinski definition) is 1. The number of furan rings is 1. The summed E-state index contributed by atoms with van der Waals surface area (Å²) in [6.07, 6.45) is 1.52. The van der Waals surface area contributed by atoms with E-state index in [0.717, 1.165) is 23.5 Å². The minimum absolute atomic E-state index is 0.0901. The van der Waals surface area contributed by atoms with Gasteiger partial charge in [0.1, 0.15) is 5.82 Å². The Morgan fingerprint density at radius 1 is 1.19 bits per heavy atom. The first-order valence-corrected chi connectivity index (χ1v) is 10.9. The minimum atomic E-state index is -0.880. The predicted molar refractivity (Wildman–Crippen MR) is 117 cm³/mol. The topological polar surface area (TPSA) is 73.0 Å². The Balaban J connectivity index is 1.58. The zero-order valence-electron chi connectivity index (χ0n) is 15.5. The van der Waals surface area contributed by atoms with Crippen LogP contribution in [-0.2, 0) is 4.79 Å². The maximum Gasteiger partial charge on any atom is 0.234 e. The van der Waals surface area contributed by atoms with Gasteiger partial charge in [0, 0.05) is 21.2 Å². The van der Waals surface area contributed by atoms with Crippen molar-refractivity contribution in [2.24, 2.45) is 0 Å². The Hall–Kier alpha value is -2.69. The van der Waals surface area contributed by atoms with Gasteiger partial charge in [-0.25, -0.2) is 8.78 Å². The number of nitrogens with one attached hydrogen (secondary N) is 1. The first-order valence-electron chi connectivity index (χ1n) is 8.75. The molecule has 6 nitrogen and oxygen atoms in total. The van der Waals surface area contributed by atoms with Crippen molar-refractivity contribution in [3.05, 3.63) is 75.9 Å². The Kier molecular flexibility index (Phi) is 6.40. The van der Waals surface area contributed by atoms with Crippen LogP contribution in [0.2, 0.25) is 5.02 Å². The molecule has 4 aromatic rings. The third kappa shape index (κ3) is 4.81. The summed E-state index contributed by atoms with van der Waals surface area (Å²) < 4.78 is 34.5. The van der Waals surface area contributed by atoms with Crippen LogP contribution in [0.3, 0.4) is 0 Å². The average molecular weight is 526 g/mol. The molecule has 1 amide bonds. The molecule has 4 rings (SSSR count). The fourth-order valence-electron chi connectivity index (χ4n) is 2.72. The summed E-state index contributed by atoms with van der Waals surface area (Å²) in [6, 6.07) is 12.2. The molecule has 0 fully saturated rings. The van der Waals surface area contributed by atoms with Crippen molar-refractivity contribution in [2.75, 3.05) is 11.1 Å². The van der Waals surface area contributed by atoms with Crippen molar-refractivity contribution >= 4 is 50.9 Å². The molecule has 0 saturated heterocycles. The predicted octanol–water partition coefficient (Wildman–Crippen LogP) is 5.95. The van der Waals surface area contributed by atoms with Gasteiger partial charge in [-0.15, -0.1) is 10.2 Å². The van der Waals surface area contributed by atoms with Crippen LogP contribution in [0.5, 0.6) is 0 Å². The fourth-order valence-corrected chi connectivity index (χ4v) is 4.10. The number of thioether (sulfide) groups is 1. The molecule has 11 heteroatoms. The number of aromatic nitrogens is 3. The second-order valence-corrected chi connectivity index (χ2v) is 8.41. The first-order chi connectivity index (χ1) is 14.9. The van der Waals surface area contributed by atoms with Crippen LogP contribution in [0.1, 0.15) is 0 Å². The molecular formula is C20H12BrClF2N4O2S. The van der Waals surface area contributed by atoms with Gasteiger partial charge in [-0.2, -0.15) is 0 Å². The van der Waals surface area contributed by atoms with E-state index in [1.807, 2.05) is 0 Å². The number of halogens is 4. The lowest BCUT2D eigenvalue weighted by Crippen LogP contribution is -2.16.